The van der Waals surface area contributed by atoms with Crippen molar-refractivity contribution in [3.63, 3.8) is 0 Å². The number of hydrogen-bond donors (Lipinski definition) is 3. The first-order valence-corrected chi connectivity index (χ1v) is 8.44. The average Bonchev–Trinajstić information content (AvgIpc) is 2.51. The first-order valence-electron chi connectivity index (χ1n) is 8.44. The number of benzene rings is 1. The van der Waals surface area contributed by atoms with Gasteiger partial charge in [0.25, 0.3) is 0 Å². The number of carboxylic acids is 1. The molecule has 1 aliphatic heterocycles. The number of rotatable bonds is 5. The third-order valence-electron chi connectivity index (χ3n) is 4.12. The number of urea groups is 1. The predicted octanol–water partition coefficient (Wildman–Crippen LogP) is 2.68. The number of carboxylic acid groups (broad SMARTS) is 1. The van der Waals surface area contributed by atoms with E-state index in [0.717, 1.165) is 0 Å². The van der Waals surface area contributed by atoms with Crippen LogP contribution < -0.4 is 15.5 Å². The highest BCUT2D eigenvalue weighted by atomic mass is 16.4. The Kier molecular flexibility index (Phi) is 5.66. The number of anilines is 2. The van der Waals surface area contributed by atoms with Gasteiger partial charge in [-0.15, -0.1) is 0 Å². The van der Waals surface area contributed by atoms with E-state index in [1.165, 1.54) is 4.90 Å². The van der Waals surface area contributed by atoms with Crippen LogP contribution in [-0.2, 0) is 9.59 Å². The van der Waals surface area contributed by atoms with Gasteiger partial charge in [0.1, 0.15) is 12.1 Å². The molecule has 3 N–H and O–H groups in total. The van der Waals surface area contributed by atoms with Gasteiger partial charge in [-0.1, -0.05) is 39.8 Å². The minimum absolute atomic E-state index is 0.110. The van der Waals surface area contributed by atoms with Gasteiger partial charge in [0, 0.05) is 0 Å². The third kappa shape index (κ3) is 4.10. The molecule has 2 atom stereocenters. The molecular weight excluding hydrogens is 322 g/mol. The summed E-state index contributed by atoms with van der Waals surface area (Å²) >= 11 is 0. The highest BCUT2D eigenvalue weighted by Crippen LogP contribution is 2.34. The number of para-hydroxylation sites is 2. The number of hydrogen-bond acceptors (Lipinski definition) is 3. The molecule has 1 aromatic carbocycles. The maximum atomic E-state index is 12.9. The minimum Gasteiger partial charge on any atom is -0.480 e. The van der Waals surface area contributed by atoms with Crippen molar-refractivity contribution < 1.29 is 19.5 Å². The largest absolute Gasteiger partial charge is 0.480 e. The molecule has 1 aliphatic rings. The Hall–Kier alpha value is -2.57. The number of nitrogens with zero attached hydrogens (tertiary/aromatic N) is 1. The molecule has 0 radical (unpaired) electrons. The van der Waals surface area contributed by atoms with Crippen LogP contribution in [0, 0.1) is 11.8 Å². The van der Waals surface area contributed by atoms with Gasteiger partial charge in [-0.2, -0.15) is 0 Å². The second kappa shape index (κ2) is 7.55. The monoisotopic (exact) mass is 347 g/mol. The summed E-state index contributed by atoms with van der Waals surface area (Å²) in [5.41, 5.74) is 1.10. The number of carbonyl (C=O) groups excluding carboxylic acids is 2. The van der Waals surface area contributed by atoms with E-state index in [2.05, 4.69) is 10.6 Å². The molecule has 136 valence electrons. The molecule has 0 aliphatic carbocycles. The molecular formula is C18H25N3O4. The minimum atomic E-state index is -1.09. The van der Waals surface area contributed by atoms with Crippen LogP contribution in [0.15, 0.2) is 24.3 Å². The maximum absolute atomic E-state index is 12.9. The number of fused-ring (bicyclic) bond motifs is 1. The van der Waals surface area contributed by atoms with Crippen LogP contribution in [0.2, 0.25) is 0 Å². The van der Waals surface area contributed by atoms with Crippen LogP contribution in [-0.4, -0.2) is 35.1 Å². The van der Waals surface area contributed by atoms with Crippen molar-refractivity contribution >= 4 is 29.3 Å². The van der Waals surface area contributed by atoms with Crippen LogP contribution in [0.25, 0.3) is 0 Å². The first kappa shape index (κ1) is 18.8. The van der Waals surface area contributed by atoms with Crippen molar-refractivity contribution in [3.8, 4) is 0 Å². The fourth-order valence-corrected chi connectivity index (χ4v) is 3.01. The zero-order valence-corrected chi connectivity index (χ0v) is 14.9. The summed E-state index contributed by atoms with van der Waals surface area (Å²) in [6.07, 6.45) is 0.315. The number of aliphatic carboxylic acids is 1. The van der Waals surface area contributed by atoms with Gasteiger partial charge >= 0.3 is 12.0 Å². The van der Waals surface area contributed by atoms with E-state index in [9.17, 15) is 19.5 Å². The summed E-state index contributed by atoms with van der Waals surface area (Å²) in [5.74, 6) is -1.39. The van der Waals surface area contributed by atoms with Gasteiger partial charge in [-0.05, 0) is 30.4 Å². The van der Waals surface area contributed by atoms with Gasteiger partial charge in [-0.3, -0.25) is 9.69 Å². The fourth-order valence-electron chi connectivity index (χ4n) is 3.01. The average molecular weight is 347 g/mol. The number of nitrogens with one attached hydrogen (secondary N) is 2. The first-order chi connectivity index (χ1) is 11.7. The van der Waals surface area contributed by atoms with Gasteiger partial charge in [0.05, 0.1) is 11.4 Å². The summed E-state index contributed by atoms with van der Waals surface area (Å²) in [6.45, 7) is 7.48. The lowest BCUT2D eigenvalue weighted by atomic mass is 9.97. The molecule has 7 nitrogen and oxygen atoms in total. The predicted molar refractivity (Wildman–Crippen MR) is 95.6 cm³/mol. The highest BCUT2D eigenvalue weighted by Gasteiger charge is 2.39. The van der Waals surface area contributed by atoms with Gasteiger partial charge in [0.2, 0.25) is 5.91 Å². The van der Waals surface area contributed by atoms with Crippen molar-refractivity contribution in [3.05, 3.63) is 24.3 Å². The number of amides is 3. The fraction of sp³-hybridized carbons (Fsp3) is 0.500. The van der Waals surface area contributed by atoms with E-state index >= 15 is 0 Å². The Bertz CT molecular complexity index is 672. The third-order valence-corrected chi connectivity index (χ3v) is 4.12. The Labute approximate surface area is 147 Å². The Balaban J connectivity index is 2.36. The molecule has 0 fully saturated rings. The summed E-state index contributed by atoms with van der Waals surface area (Å²) in [6, 6.07) is 4.71. The lowest BCUT2D eigenvalue weighted by Gasteiger charge is -2.38. The van der Waals surface area contributed by atoms with Gasteiger partial charge < -0.3 is 15.7 Å². The zero-order chi connectivity index (χ0) is 18.7. The molecule has 1 heterocycles. The van der Waals surface area contributed by atoms with Gasteiger partial charge in [-0.25, -0.2) is 9.59 Å². The molecule has 0 aromatic heterocycles. The zero-order valence-electron chi connectivity index (χ0n) is 14.9. The molecule has 2 rings (SSSR count). The molecule has 0 bridgehead atoms. The highest BCUT2D eigenvalue weighted by molar-refractivity contribution is 6.12. The molecule has 25 heavy (non-hydrogen) atoms. The maximum Gasteiger partial charge on any atom is 0.326 e. The van der Waals surface area contributed by atoms with Crippen LogP contribution in [0.4, 0.5) is 16.2 Å². The van der Waals surface area contributed by atoms with Crippen LogP contribution >= 0.6 is 0 Å². The van der Waals surface area contributed by atoms with Crippen molar-refractivity contribution in [2.24, 2.45) is 11.8 Å². The van der Waals surface area contributed by atoms with E-state index in [4.69, 9.17) is 0 Å². The normalized spacial score (nSPS) is 17.9. The van der Waals surface area contributed by atoms with Crippen molar-refractivity contribution in [2.45, 2.75) is 46.2 Å². The molecule has 0 spiro atoms. The van der Waals surface area contributed by atoms with Crippen molar-refractivity contribution in [1.82, 2.24) is 5.32 Å². The Morgan fingerprint density at radius 3 is 2.44 bits per heavy atom. The van der Waals surface area contributed by atoms with Gasteiger partial charge in [0.15, 0.2) is 0 Å². The van der Waals surface area contributed by atoms with Crippen LogP contribution in [0.3, 0.4) is 0 Å². The van der Waals surface area contributed by atoms with E-state index in [1.54, 1.807) is 24.3 Å². The van der Waals surface area contributed by atoms with Crippen LogP contribution in [0.1, 0.15) is 34.1 Å². The number of carbonyl (C=O) groups is 3. The topological polar surface area (TPSA) is 98.7 Å². The molecule has 3 amide bonds. The summed E-state index contributed by atoms with van der Waals surface area (Å²) < 4.78 is 0. The molecule has 0 saturated carbocycles. The van der Waals surface area contributed by atoms with E-state index in [0.29, 0.717) is 17.8 Å². The summed E-state index contributed by atoms with van der Waals surface area (Å²) in [4.78, 5) is 38.2. The lowest BCUT2D eigenvalue weighted by Crippen LogP contribution is -2.58. The van der Waals surface area contributed by atoms with E-state index in [1.807, 2.05) is 27.7 Å². The molecule has 1 aromatic rings. The molecule has 0 saturated heterocycles. The van der Waals surface area contributed by atoms with Crippen LogP contribution in [0.5, 0.6) is 0 Å². The second-order valence-electron chi connectivity index (χ2n) is 7.04. The lowest BCUT2D eigenvalue weighted by molar-refractivity contribution is -0.139. The summed E-state index contributed by atoms with van der Waals surface area (Å²) in [7, 11) is 0. The quantitative estimate of drug-likeness (QED) is 0.762. The Morgan fingerprint density at radius 2 is 1.88 bits per heavy atom. The second-order valence-corrected chi connectivity index (χ2v) is 7.04. The smallest absolute Gasteiger partial charge is 0.326 e. The molecule has 2 unspecified atom stereocenters. The van der Waals surface area contributed by atoms with Crippen molar-refractivity contribution in [2.75, 3.05) is 10.2 Å². The summed E-state index contributed by atoms with van der Waals surface area (Å²) in [5, 5.41) is 14.8. The molecule has 7 heteroatoms. The van der Waals surface area contributed by atoms with Crippen molar-refractivity contribution in [1.29, 1.82) is 0 Å². The SMILES string of the molecule is CC(C)CC(NC(=O)N1c2ccccc2NC(=O)C1C(C)C)C(=O)O. The standard InChI is InChI=1S/C18H25N3O4/c1-10(2)9-13(17(23)24)20-18(25)21-14-8-6-5-7-12(14)19-16(22)15(21)11(3)4/h5-8,10-11,13,15H,9H2,1-4H3,(H,19,22)(H,20,25)(H,23,24). The van der Waals surface area contributed by atoms with E-state index in [-0.39, 0.29) is 17.7 Å². The van der Waals surface area contributed by atoms with E-state index < -0.39 is 24.1 Å². The Morgan fingerprint density at radius 1 is 1.24 bits per heavy atom.